The Morgan fingerprint density at radius 2 is 1.71 bits per heavy atom. The summed E-state index contributed by atoms with van der Waals surface area (Å²) in [6, 6.07) is 8.69. The van der Waals surface area contributed by atoms with Crippen LogP contribution in [-0.2, 0) is 28.4 Å². The van der Waals surface area contributed by atoms with Gasteiger partial charge in [0, 0.05) is 24.6 Å². The number of nitrogens with zero attached hydrogens (tertiary/aromatic N) is 5. The molecule has 5 rings (SSSR count). The van der Waals surface area contributed by atoms with Gasteiger partial charge in [-0.3, -0.25) is 4.98 Å². The lowest BCUT2D eigenvalue weighted by molar-refractivity contribution is -0.291. The molecule has 1 aromatic carbocycles. The van der Waals surface area contributed by atoms with Crippen LogP contribution in [0.4, 0.5) is 26.3 Å². The summed E-state index contributed by atoms with van der Waals surface area (Å²) in [5, 5.41) is 6.57. The van der Waals surface area contributed by atoms with Crippen molar-refractivity contribution in [1.29, 1.82) is 4.78 Å². The lowest BCUT2D eigenvalue weighted by atomic mass is 10.0. The topological polar surface area (TPSA) is 97.4 Å². The van der Waals surface area contributed by atoms with Crippen molar-refractivity contribution in [2.75, 3.05) is 5.75 Å². The number of halogens is 6. The molecule has 0 saturated heterocycles. The highest BCUT2D eigenvalue weighted by Crippen LogP contribution is 2.49. The van der Waals surface area contributed by atoms with E-state index in [4.69, 9.17) is 4.78 Å². The quantitative estimate of drug-likeness (QED) is 0.289. The standard InChI is InChI=1S/C24H20F6N6OS/c1-3-38(31,37)17-10-14(13-4-6-15(7-5-13)22(25)8-9-22)12-32-19(17)21-33-16-11-18(23(26,27)24(28,29)30)34-35-20(16)36(21)2/h4-7,10-12,31H,3,8-9H2,1-2H3. The molecule has 14 heteroatoms. The van der Waals surface area contributed by atoms with Crippen molar-refractivity contribution in [1.82, 2.24) is 24.7 Å². The Balaban J connectivity index is 1.63. The predicted octanol–water partition coefficient (Wildman–Crippen LogP) is 6.13. The van der Waals surface area contributed by atoms with Crippen molar-refractivity contribution in [3.63, 3.8) is 0 Å². The largest absolute Gasteiger partial charge is 0.459 e. The third-order valence-corrected chi connectivity index (χ3v) is 8.38. The molecular formula is C24H20F6N6OS. The Bertz CT molecular complexity index is 1660. The van der Waals surface area contributed by atoms with Crippen molar-refractivity contribution >= 4 is 20.9 Å². The monoisotopic (exact) mass is 554 g/mol. The summed E-state index contributed by atoms with van der Waals surface area (Å²) in [5.41, 5.74) is -1.67. The minimum Gasteiger partial charge on any atom is -0.309 e. The Kier molecular flexibility index (Phi) is 5.82. The van der Waals surface area contributed by atoms with Gasteiger partial charge in [0.2, 0.25) is 0 Å². The number of imidazole rings is 1. The van der Waals surface area contributed by atoms with E-state index in [0.717, 1.165) is 0 Å². The summed E-state index contributed by atoms with van der Waals surface area (Å²) in [4.78, 5) is 8.50. The van der Waals surface area contributed by atoms with Gasteiger partial charge in [0.25, 0.3) is 0 Å². The van der Waals surface area contributed by atoms with Gasteiger partial charge in [-0.25, -0.2) is 18.4 Å². The number of alkyl halides is 6. The van der Waals surface area contributed by atoms with Crippen LogP contribution in [0.15, 0.2) is 47.5 Å². The molecule has 200 valence electrons. The zero-order valence-electron chi connectivity index (χ0n) is 20.0. The molecule has 0 amide bonds. The first-order valence-corrected chi connectivity index (χ1v) is 13.1. The first-order valence-electron chi connectivity index (χ1n) is 11.4. The van der Waals surface area contributed by atoms with Gasteiger partial charge in [-0.2, -0.15) is 22.0 Å². The fourth-order valence-corrected chi connectivity index (χ4v) is 5.12. The molecule has 1 aliphatic rings. The number of nitrogens with one attached hydrogen (secondary N) is 1. The van der Waals surface area contributed by atoms with E-state index in [9.17, 15) is 30.6 Å². The number of benzene rings is 1. The van der Waals surface area contributed by atoms with Crippen LogP contribution >= 0.6 is 0 Å². The normalized spacial score (nSPS) is 16.9. The van der Waals surface area contributed by atoms with E-state index in [0.29, 0.717) is 35.6 Å². The molecule has 1 fully saturated rings. The van der Waals surface area contributed by atoms with Crippen LogP contribution in [0.5, 0.6) is 0 Å². The number of aryl methyl sites for hydroxylation is 1. The van der Waals surface area contributed by atoms with Gasteiger partial charge in [0.15, 0.2) is 11.5 Å². The highest BCUT2D eigenvalue weighted by Gasteiger charge is 2.60. The van der Waals surface area contributed by atoms with Crippen LogP contribution in [0.25, 0.3) is 33.8 Å². The molecule has 1 aliphatic carbocycles. The Hall–Kier alpha value is -3.55. The van der Waals surface area contributed by atoms with Crippen molar-refractivity contribution < 1.29 is 30.6 Å². The molecule has 7 nitrogen and oxygen atoms in total. The van der Waals surface area contributed by atoms with E-state index in [1.54, 1.807) is 31.2 Å². The number of fused-ring (bicyclic) bond motifs is 1. The minimum atomic E-state index is -5.88. The molecule has 3 heterocycles. The lowest BCUT2D eigenvalue weighted by Crippen LogP contribution is -2.34. The van der Waals surface area contributed by atoms with Crippen LogP contribution in [0, 0.1) is 4.78 Å². The summed E-state index contributed by atoms with van der Waals surface area (Å²) in [5.74, 6) is -5.37. The number of hydrogen-bond acceptors (Lipinski definition) is 6. The second-order valence-corrected chi connectivity index (χ2v) is 11.5. The van der Waals surface area contributed by atoms with E-state index in [1.165, 1.54) is 23.9 Å². The van der Waals surface area contributed by atoms with Crippen LogP contribution in [0.1, 0.15) is 31.0 Å². The van der Waals surface area contributed by atoms with Gasteiger partial charge in [-0.1, -0.05) is 31.2 Å². The fraction of sp³-hybridized carbons (Fsp3) is 0.333. The molecule has 1 atom stereocenters. The molecule has 0 bridgehead atoms. The summed E-state index contributed by atoms with van der Waals surface area (Å²) < 4.78 is 103. The van der Waals surface area contributed by atoms with Crippen molar-refractivity contribution in [2.24, 2.45) is 7.05 Å². The van der Waals surface area contributed by atoms with Crippen LogP contribution < -0.4 is 0 Å². The molecule has 3 aromatic heterocycles. The number of aromatic nitrogens is 5. The van der Waals surface area contributed by atoms with E-state index in [-0.39, 0.29) is 33.3 Å². The highest BCUT2D eigenvalue weighted by atomic mass is 32.2. The summed E-state index contributed by atoms with van der Waals surface area (Å²) in [6.45, 7) is 1.54. The van der Waals surface area contributed by atoms with Gasteiger partial charge in [-0.05, 0) is 36.1 Å². The first kappa shape index (κ1) is 26.1. The summed E-state index contributed by atoms with van der Waals surface area (Å²) in [6.07, 6.45) is -3.53. The third-order valence-electron chi connectivity index (χ3n) is 6.55. The summed E-state index contributed by atoms with van der Waals surface area (Å²) >= 11 is 0. The minimum absolute atomic E-state index is 0.00191. The molecule has 1 saturated carbocycles. The molecule has 1 N–H and O–H groups in total. The predicted molar refractivity (Wildman–Crippen MR) is 127 cm³/mol. The number of pyridine rings is 1. The fourth-order valence-electron chi connectivity index (χ4n) is 4.03. The zero-order valence-corrected chi connectivity index (χ0v) is 20.8. The maximum atomic E-state index is 14.4. The third kappa shape index (κ3) is 4.20. The Labute approximate surface area is 212 Å². The molecule has 1 unspecified atom stereocenters. The van der Waals surface area contributed by atoms with Crippen molar-refractivity contribution in [3.05, 3.63) is 53.9 Å². The van der Waals surface area contributed by atoms with Gasteiger partial charge in [0.1, 0.15) is 22.6 Å². The number of hydrogen-bond donors (Lipinski definition) is 1. The van der Waals surface area contributed by atoms with Gasteiger partial charge in [0.05, 0.1) is 14.6 Å². The molecule has 0 aliphatic heterocycles. The Morgan fingerprint density at radius 3 is 2.29 bits per heavy atom. The number of rotatable bonds is 6. The lowest BCUT2D eigenvalue weighted by Gasteiger charge is -2.17. The smallest absolute Gasteiger partial charge is 0.309 e. The molecular weight excluding hydrogens is 534 g/mol. The van der Waals surface area contributed by atoms with Crippen LogP contribution in [0.2, 0.25) is 0 Å². The Morgan fingerprint density at radius 1 is 1.05 bits per heavy atom. The van der Waals surface area contributed by atoms with E-state index in [2.05, 4.69) is 20.2 Å². The molecule has 0 radical (unpaired) electrons. The van der Waals surface area contributed by atoms with Gasteiger partial charge >= 0.3 is 12.1 Å². The molecule has 0 spiro atoms. The van der Waals surface area contributed by atoms with Crippen LogP contribution in [-0.4, -0.2) is 40.9 Å². The second-order valence-electron chi connectivity index (χ2n) is 9.08. The van der Waals surface area contributed by atoms with Gasteiger partial charge < -0.3 is 4.57 Å². The van der Waals surface area contributed by atoms with Crippen LogP contribution in [0.3, 0.4) is 0 Å². The van der Waals surface area contributed by atoms with E-state index < -0.39 is 33.2 Å². The van der Waals surface area contributed by atoms with E-state index >= 15 is 0 Å². The zero-order chi connectivity index (χ0) is 27.7. The molecule has 4 aromatic rings. The summed E-state index contributed by atoms with van der Waals surface area (Å²) in [7, 11) is -2.00. The SMILES string of the molecule is CCS(=N)(=O)c1cc(-c2ccc(C3(F)CC3)cc2)cnc1-c1nc2cc(C(F)(F)C(F)(F)F)nnc2n1C. The van der Waals surface area contributed by atoms with Crippen molar-refractivity contribution in [3.8, 4) is 22.6 Å². The van der Waals surface area contributed by atoms with E-state index in [1.807, 2.05) is 0 Å². The maximum absolute atomic E-state index is 14.4. The molecule has 38 heavy (non-hydrogen) atoms. The van der Waals surface area contributed by atoms with Gasteiger partial charge in [-0.15, -0.1) is 10.2 Å². The first-order chi connectivity index (χ1) is 17.7. The average Bonchev–Trinajstić information content (AvgIpc) is 3.55. The highest BCUT2D eigenvalue weighted by molar-refractivity contribution is 7.92. The average molecular weight is 555 g/mol. The van der Waals surface area contributed by atoms with Crippen molar-refractivity contribution in [2.45, 2.75) is 42.4 Å². The maximum Gasteiger partial charge on any atom is 0.459 e. The second kappa shape index (κ2) is 8.48.